The number of halogens is 2. The summed E-state index contributed by atoms with van der Waals surface area (Å²) in [5, 5.41) is 10.4. The predicted molar refractivity (Wildman–Crippen MR) is 93.6 cm³/mol. The smallest absolute Gasteiger partial charge is 0.331 e. The summed E-state index contributed by atoms with van der Waals surface area (Å²) >= 11 is 6.97. The Morgan fingerprint density at radius 1 is 1.44 bits per heavy atom. The van der Waals surface area contributed by atoms with Gasteiger partial charge in [-0.05, 0) is 30.3 Å². The van der Waals surface area contributed by atoms with Crippen molar-refractivity contribution in [3.05, 3.63) is 39.0 Å². The number of methoxy groups -OCH3 is 2. The third-order valence-corrected chi connectivity index (χ3v) is 4.47. The molecule has 0 radical (unpaired) electrons. The average Bonchev–Trinajstić information content (AvgIpc) is 2.92. The Kier molecular flexibility index (Phi) is 6.16. The minimum Gasteiger partial charge on any atom is -0.492 e. The topological polar surface area (TPSA) is 89.3 Å². The van der Waals surface area contributed by atoms with Crippen LogP contribution in [0.25, 0.3) is 0 Å². The second-order valence-electron chi connectivity index (χ2n) is 4.66. The minimum atomic E-state index is -0.652. The number of nitrogens with zero attached hydrogens (tertiary/aromatic N) is 2. The normalized spacial score (nSPS) is 17.4. The number of amidine groups is 1. The summed E-state index contributed by atoms with van der Waals surface area (Å²) in [5.74, 6) is -1.81. The van der Waals surface area contributed by atoms with Gasteiger partial charge in [-0.25, -0.2) is 9.18 Å². The molecule has 0 spiro atoms. The van der Waals surface area contributed by atoms with Gasteiger partial charge in [0.05, 0.1) is 30.4 Å². The minimum absolute atomic E-state index is 0.0427. The van der Waals surface area contributed by atoms with Gasteiger partial charge >= 0.3 is 5.97 Å². The van der Waals surface area contributed by atoms with Crippen LogP contribution < -0.4 is 10.1 Å². The van der Waals surface area contributed by atoms with Gasteiger partial charge in [0.1, 0.15) is 0 Å². The Balaban J connectivity index is 2.19. The molecule has 1 amide bonds. The first-order valence-electron chi connectivity index (χ1n) is 6.79. The van der Waals surface area contributed by atoms with E-state index >= 15 is 0 Å². The lowest BCUT2D eigenvalue weighted by Gasteiger charge is -2.09. The molecule has 0 aromatic heterocycles. The molecule has 1 fully saturated rings. The van der Waals surface area contributed by atoms with E-state index in [2.05, 4.69) is 20.3 Å². The first-order valence-corrected chi connectivity index (χ1v) is 7.99. The summed E-state index contributed by atoms with van der Waals surface area (Å²) in [4.78, 5) is 22.9. The van der Waals surface area contributed by atoms with Crippen molar-refractivity contribution in [3.63, 3.8) is 0 Å². The summed E-state index contributed by atoms with van der Waals surface area (Å²) in [6.45, 7) is 1.68. The monoisotopic (exact) mass is 385 g/mol. The van der Waals surface area contributed by atoms with Crippen molar-refractivity contribution in [2.75, 3.05) is 14.2 Å². The summed E-state index contributed by atoms with van der Waals surface area (Å²) in [6, 6.07) is 1.21. The van der Waals surface area contributed by atoms with Crippen LogP contribution in [0, 0.1) is 12.7 Å². The molecule has 1 aliphatic heterocycles. The number of benzene rings is 1. The summed E-state index contributed by atoms with van der Waals surface area (Å²) in [6.07, 6.45) is 2.35. The van der Waals surface area contributed by atoms with Crippen LogP contribution in [-0.4, -0.2) is 37.5 Å². The fourth-order valence-corrected chi connectivity index (χ4v) is 2.83. The largest absolute Gasteiger partial charge is 0.492 e. The maximum Gasteiger partial charge on any atom is 0.331 e. The highest BCUT2D eigenvalue weighted by molar-refractivity contribution is 8.18. The highest BCUT2D eigenvalue weighted by Crippen LogP contribution is 2.32. The molecule has 132 valence electrons. The fourth-order valence-electron chi connectivity index (χ4n) is 1.82. The number of hydrogen-bond acceptors (Lipinski definition) is 7. The van der Waals surface area contributed by atoms with E-state index in [9.17, 15) is 14.0 Å². The molecular formula is C15H13ClFN3O4S. The van der Waals surface area contributed by atoms with Gasteiger partial charge in [0.15, 0.2) is 16.7 Å². The lowest BCUT2D eigenvalue weighted by atomic mass is 10.1. The van der Waals surface area contributed by atoms with E-state index in [4.69, 9.17) is 16.3 Å². The first kappa shape index (κ1) is 18.9. The maximum atomic E-state index is 13.9. The molecule has 1 aromatic rings. The molecule has 7 nitrogen and oxygen atoms in total. The van der Waals surface area contributed by atoms with Gasteiger partial charge in [-0.2, -0.15) is 5.10 Å². The Morgan fingerprint density at radius 2 is 2.16 bits per heavy atom. The van der Waals surface area contributed by atoms with E-state index in [1.165, 1.54) is 26.5 Å². The van der Waals surface area contributed by atoms with Crippen LogP contribution in [0.15, 0.2) is 27.3 Å². The number of amides is 1. The molecule has 1 saturated heterocycles. The summed E-state index contributed by atoms with van der Waals surface area (Å²) in [5.41, 5.74) is 0.977. The number of thioether (sulfide) groups is 1. The fraction of sp³-hybridized carbons (Fsp3) is 0.200. The Bertz CT molecular complexity index is 823. The van der Waals surface area contributed by atoms with E-state index in [-0.39, 0.29) is 20.8 Å². The molecule has 0 atom stereocenters. The maximum absolute atomic E-state index is 13.9. The van der Waals surface area contributed by atoms with E-state index < -0.39 is 17.7 Å². The number of carbonyl (C=O) groups is 2. The van der Waals surface area contributed by atoms with Crippen LogP contribution in [0.2, 0.25) is 5.02 Å². The Labute approximate surface area is 151 Å². The molecule has 10 heteroatoms. The molecule has 1 aliphatic rings. The highest BCUT2D eigenvalue weighted by Gasteiger charge is 2.25. The molecule has 2 rings (SSSR count). The Morgan fingerprint density at radius 3 is 2.80 bits per heavy atom. The molecule has 0 bridgehead atoms. The van der Waals surface area contributed by atoms with Crippen molar-refractivity contribution < 1.29 is 23.5 Å². The van der Waals surface area contributed by atoms with Crippen LogP contribution in [0.4, 0.5) is 4.39 Å². The lowest BCUT2D eigenvalue weighted by molar-refractivity contribution is -0.135. The average molecular weight is 386 g/mol. The van der Waals surface area contributed by atoms with Crippen molar-refractivity contribution >= 4 is 46.6 Å². The molecule has 1 N–H and O–H groups in total. The van der Waals surface area contributed by atoms with Crippen molar-refractivity contribution in [1.82, 2.24) is 5.32 Å². The third-order valence-electron chi connectivity index (χ3n) is 3.11. The van der Waals surface area contributed by atoms with E-state index in [1.807, 2.05) is 0 Å². The standard InChI is InChI=1S/C15H13ClFN3O4S/c1-7-8(4-9(17)13(24-3)12(7)16)6-18-20-15-19-14(22)10(25-15)5-11(21)23-2/h4-6H,1-3H3,(H,19,20,22)/b10-5+,18-6?. The van der Waals surface area contributed by atoms with E-state index in [0.717, 1.165) is 17.8 Å². The van der Waals surface area contributed by atoms with Crippen LogP contribution in [-0.2, 0) is 14.3 Å². The number of hydrogen-bond donors (Lipinski definition) is 1. The van der Waals surface area contributed by atoms with Crippen LogP contribution in [0.5, 0.6) is 5.75 Å². The molecule has 1 aromatic carbocycles. The molecule has 0 unspecified atom stereocenters. The van der Waals surface area contributed by atoms with Gasteiger partial charge in [-0.3, -0.25) is 10.1 Å². The summed E-state index contributed by atoms with van der Waals surface area (Å²) < 4.78 is 23.2. The van der Waals surface area contributed by atoms with Crippen molar-refractivity contribution in [3.8, 4) is 5.75 Å². The quantitative estimate of drug-likeness (QED) is 0.372. The number of rotatable bonds is 4. The Hall–Kier alpha value is -2.39. The van der Waals surface area contributed by atoms with Crippen LogP contribution in [0.1, 0.15) is 11.1 Å². The second-order valence-corrected chi connectivity index (χ2v) is 6.07. The highest BCUT2D eigenvalue weighted by atomic mass is 35.5. The van der Waals surface area contributed by atoms with Gasteiger partial charge in [0.25, 0.3) is 5.91 Å². The lowest BCUT2D eigenvalue weighted by Crippen LogP contribution is -2.19. The SMILES string of the molecule is COC(=O)/C=C1/S/C(=N\N=Cc2cc(F)c(OC)c(Cl)c2C)NC1=O. The second kappa shape index (κ2) is 8.13. The number of esters is 1. The zero-order valence-corrected chi connectivity index (χ0v) is 15.0. The van der Waals surface area contributed by atoms with Crippen molar-refractivity contribution in [2.45, 2.75) is 6.92 Å². The van der Waals surface area contributed by atoms with Gasteiger partial charge in [-0.1, -0.05) is 11.6 Å². The number of carbonyl (C=O) groups excluding carboxylic acids is 2. The third kappa shape index (κ3) is 4.37. The van der Waals surface area contributed by atoms with E-state index in [1.54, 1.807) is 6.92 Å². The van der Waals surface area contributed by atoms with Crippen LogP contribution >= 0.6 is 23.4 Å². The van der Waals surface area contributed by atoms with Gasteiger partial charge in [0.2, 0.25) is 0 Å². The summed E-state index contributed by atoms with van der Waals surface area (Å²) in [7, 11) is 2.53. The van der Waals surface area contributed by atoms with Crippen molar-refractivity contribution in [2.24, 2.45) is 10.2 Å². The van der Waals surface area contributed by atoms with E-state index in [0.29, 0.717) is 11.1 Å². The molecule has 0 saturated carbocycles. The molecule has 0 aliphatic carbocycles. The molecule has 1 heterocycles. The zero-order valence-electron chi connectivity index (χ0n) is 13.4. The van der Waals surface area contributed by atoms with Gasteiger partial charge < -0.3 is 9.47 Å². The molecular weight excluding hydrogens is 373 g/mol. The number of ether oxygens (including phenoxy) is 2. The number of nitrogens with one attached hydrogen (secondary N) is 1. The van der Waals surface area contributed by atoms with Gasteiger partial charge in [-0.15, -0.1) is 5.10 Å². The predicted octanol–water partition coefficient (Wildman–Crippen LogP) is 2.41. The zero-order chi connectivity index (χ0) is 18.6. The van der Waals surface area contributed by atoms with Gasteiger partial charge in [0, 0.05) is 11.6 Å². The van der Waals surface area contributed by atoms with Crippen molar-refractivity contribution in [1.29, 1.82) is 0 Å². The molecule has 25 heavy (non-hydrogen) atoms. The first-order chi connectivity index (χ1) is 11.9. The van der Waals surface area contributed by atoms with Crippen LogP contribution in [0.3, 0.4) is 0 Å².